The first-order chi connectivity index (χ1) is 14.2. The summed E-state index contributed by atoms with van der Waals surface area (Å²) in [5, 5.41) is 21.7. The molecule has 4 aromatic rings. The Morgan fingerprint density at radius 3 is 2.14 bits per heavy atom. The van der Waals surface area contributed by atoms with E-state index in [1.54, 1.807) is 0 Å². The molecule has 0 saturated heterocycles. The number of hydrogen-bond donors (Lipinski definition) is 1. The van der Waals surface area contributed by atoms with Crippen molar-refractivity contribution in [3.63, 3.8) is 0 Å². The lowest BCUT2D eigenvalue weighted by Gasteiger charge is -2.24. The Morgan fingerprint density at radius 2 is 1.38 bits per heavy atom. The molecule has 2 atom stereocenters. The van der Waals surface area contributed by atoms with Gasteiger partial charge in [0.15, 0.2) is 5.92 Å². The van der Waals surface area contributed by atoms with Crippen molar-refractivity contribution in [2.24, 2.45) is 5.92 Å². The Balaban J connectivity index is 2.02. The number of carboxylic acids is 1. The van der Waals surface area contributed by atoms with Crippen molar-refractivity contribution in [1.29, 1.82) is 5.26 Å². The number of benzene rings is 4. The van der Waals surface area contributed by atoms with Crippen molar-refractivity contribution in [2.75, 3.05) is 0 Å². The fourth-order valence-corrected chi connectivity index (χ4v) is 3.97. The van der Waals surface area contributed by atoms with Gasteiger partial charge in [-0.1, -0.05) is 97.1 Å². The van der Waals surface area contributed by atoms with Crippen LogP contribution in [-0.2, 0) is 4.79 Å². The van der Waals surface area contributed by atoms with Gasteiger partial charge in [0.1, 0.15) is 0 Å². The zero-order chi connectivity index (χ0) is 20.2. The van der Waals surface area contributed by atoms with Crippen molar-refractivity contribution in [2.45, 2.75) is 5.92 Å². The molecular weight excluding hydrogens is 358 g/mol. The van der Waals surface area contributed by atoms with Crippen molar-refractivity contribution in [3.8, 4) is 17.2 Å². The van der Waals surface area contributed by atoms with E-state index in [4.69, 9.17) is 0 Å². The number of nitrogens with zero attached hydrogens (tertiary/aromatic N) is 1. The van der Waals surface area contributed by atoms with Crippen LogP contribution in [0.2, 0.25) is 0 Å². The summed E-state index contributed by atoms with van der Waals surface area (Å²) < 4.78 is 0. The molecule has 0 aliphatic heterocycles. The summed E-state index contributed by atoms with van der Waals surface area (Å²) >= 11 is 0. The van der Waals surface area contributed by atoms with Gasteiger partial charge in [0.25, 0.3) is 0 Å². The lowest BCUT2D eigenvalue weighted by atomic mass is 9.77. The largest absolute Gasteiger partial charge is 0.480 e. The number of hydrogen-bond acceptors (Lipinski definition) is 2. The fourth-order valence-electron chi connectivity index (χ4n) is 3.97. The van der Waals surface area contributed by atoms with Gasteiger partial charge in [-0.25, -0.2) is 0 Å². The van der Waals surface area contributed by atoms with Crippen LogP contribution in [0.3, 0.4) is 0 Å². The third-order valence-corrected chi connectivity index (χ3v) is 5.28. The summed E-state index contributed by atoms with van der Waals surface area (Å²) in [7, 11) is 0. The van der Waals surface area contributed by atoms with Gasteiger partial charge in [-0.05, 0) is 33.0 Å². The van der Waals surface area contributed by atoms with Crippen molar-refractivity contribution < 1.29 is 9.90 Å². The summed E-state index contributed by atoms with van der Waals surface area (Å²) in [6, 6.07) is 33.4. The van der Waals surface area contributed by atoms with Gasteiger partial charge in [0, 0.05) is 5.92 Å². The second-order valence-corrected chi connectivity index (χ2v) is 6.94. The molecule has 0 bridgehead atoms. The number of carbonyl (C=O) groups is 1. The van der Waals surface area contributed by atoms with Gasteiger partial charge in [-0.3, -0.25) is 4.79 Å². The van der Waals surface area contributed by atoms with Gasteiger partial charge in [0.05, 0.1) is 6.07 Å². The molecule has 0 aliphatic rings. The Kier molecular flexibility index (Phi) is 5.09. The molecule has 29 heavy (non-hydrogen) atoms. The molecule has 0 amide bonds. The van der Waals surface area contributed by atoms with Crippen molar-refractivity contribution in [1.82, 2.24) is 0 Å². The highest BCUT2D eigenvalue weighted by Gasteiger charge is 2.33. The lowest BCUT2D eigenvalue weighted by Crippen LogP contribution is -2.22. The topological polar surface area (TPSA) is 61.1 Å². The molecule has 2 unspecified atom stereocenters. The highest BCUT2D eigenvalue weighted by Crippen LogP contribution is 2.40. The first-order valence-electron chi connectivity index (χ1n) is 9.45. The van der Waals surface area contributed by atoms with Crippen molar-refractivity contribution in [3.05, 3.63) is 108 Å². The maximum absolute atomic E-state index is 12.1. The second-order valence-electron chi connectivity index (χ2n) is 6.94. The molecular formula is C26H19NO2. The average Bonchev–Trinajstić information content (AvgIpc) is 2.77. The Bertz CT molecular complexity index is 1200. The van der Waals surface area contributed by atoms with E-state index in [9.17, 15) is 15.2 Å². The lowest BCUT2D eigenvalue weighted by molar-refractivity contribution is -0.140. The van der Waals surface area contributed by atoms with Crippen LogP contribution in [0.1, 0.15) is 17.0 Å². The normalized spacial score (nSPS) is 12.8. The zero-order valence-electron chi connectivity index (χ0n) is 15.7. The summed E-state index contributed by atoms with van der Waals surface area (Å²) in [5.41, 5.74) is 3.62. The average molecular weight is 377 g/mol. The molecule has 140 valence electrons. The summed E-state index contributed by atoms with van der Waals surface area (Å²) in [5.74, 6) is -2.92. The SMILES string of the molecule is N#CC(C(=O)O)C(c1ccccc1-c1ccccc1)c1cccc2ccccc12. The molecule has 0 saturated carbocycles. The first kappa shape index (κ1) is 18.5. The molecule has 0 aromatic heterocycles. The molecule has 0 fully saturated rings. The monoisotopic (exact) mass is 377 g/mol. The fraction of sp³-hybridized carbons (Fsp3) is 0.0769. The maximum Gasteiger partial charge on any atom is 0.321 e. The molecule has 0 aliphatic carbocycles. The predicted molar refractivity (Wildman–Crippen MR) is 114 cm³/mol. The highest BCUT2D eigenvalue weighted by molar-refractivity contribution is 5.88. The van der Waals surface area contributed by atoms with E-state index in [0.717, 1.165) is 33.0 Å². The molecule has 0 spiro atoms. The van der Waals surface area contributed by atoms with Crippen LogP contribution in [0.25, 0.3) is 21.9 Å². The summed E-state index contributed by atoms with van der Waals surface area (Å²) in [6.07, 6.45) is 0. The van der Waals surface area contributed by atoms with Crippen LogP contribution < -0.4 is 0 Å². The van der Waals surface area contributed by atoms with E-state index in [1.165, 1.54) is 0 Å². The van der Waals surface area contributed by atoms with E-state index in [-0.39, 0.29) is 0 Å². The van der Waals surface area contributed by atoms with Crippen molar-refractivity contribution >= 4 is 16.7 Å². The van der Waals surface area contributed by atoms with Crippen LogP contribution in [0.5, 0.6) is 0 Å². The Hall–Kier alpha value is -3.90. The standard InChI is InChI=1S/C26H19NO2/c27-17-24(26(28)29)25(23-16-8-12-19-11-4-5-13-21(19)23)22-15-7-6-14-20(22)18-9-2-1-3-10-18/h1-16,24-25H,(H,28,29). The number of carboxylic acid groups (broad SMARTS) is 1. The highest BCUT2D eigenvalue weighted by atomic mass is 16.4. The van der Waals surface area contributed by atoms with Crippen LogP contribution in [0.15, 0.2) is 97.1 Å². The third kappa shape index (κ3) is 3.49. The molecule has 0 heterocycles. The third-order valence-electron chi connectivity index (χ3n) is 5.28. The Morgan fingerprint density at radius 1 is 0.759 bits per heavy atom. The van der Waals surface area contributed by atoms with Gasteiger partial charge in [-0.2, -0.15) is 5.26 Å². The first-order valence-corrected chi connectivity index (χ1v) is 9.45. The number of fused-ring (bicyclic) bond motifs is 1. The van der Waals surface area contributed by atoms with Gasteiger partial charge < -0.3 is 5.11 Å². The molecule has 3 nitrogen and oxygen atoms in total. The zero-order valence-corrected chi connectivity index (χ0v) is 15.7. The summed E-state index contributed by atoms with van der Waals surface area (Å²) in [6.45, 7) is 0. The molecule has 1 N–H and O–H groups in total. The van der Waals surface area contributed by atoms with E-state index in [0.29, 0.717) is 0 Å². The van der Waals surface area contributed by atoms with E-state index >= 15 is 0 Å². The Labute approximate surface area is 169 Å². The maximum atomic E-state index is 12.1. The van der Waals surface area contributed by atoms with Crippen LogP contribution in [-0.4, -0.2) is 11.1 Å². The number of rotatable bonds is 5. The van der Waals surface area contributed by atoms with Crippen LogP contribution in [0.4, 0.5) is 0 Å². The van der Waals surface area contributed by atoms with Crippen LogP contribution in [0, 0.1) is 17.2 Å². The quantitative estimate of drug-likeness (QED) is 0.474. The minimum Gasteiger partial charge on any atom is -0.480 e. The van der Waals surface area contributed by atoms with Gasteiger partial charge >= 0.3 is 5.97 Å². The molecule has 4 rings (SSSR count). The van der Waals surface area contributed by atoms with E-state index in [1.807, 2.05) is 103 Å². The van der Waals surface area contributed by atoms with Crippen LogP contribution >= 0.6 is 0 Å². The van der Waals surface area contributed by atoms with Gasteiger partial charge in [0.2, 0.25) is 0 Å². The minimum atomic E-state index is -1.20. The molecule has 4 aromatic carbocycles. The molecule has 0 radical (unpaired) electrons. The smallest absolute Gasteiger partial charge is 0.321 e. The number of aliphatic carboxylic acids is 1. The predicted octanol–water partition coefficient (Wildman–Crippen LogP) is 5.86. The summed E-state index contributed by atoms with van der Waals surface area (Å²) in [4.78, 5) is 12.1. The second kappa shape index (κ2) is 8.00. The van der Waals surface area contributed by atoms with E-state index < -0.39 is 17.8 Å². The number of nitriles is 1. The molecule has 3 heteroatoms. The van der Waals surface area contributed by atoms with Gasteiger partial charge in [-0.15, -0.1) is 0 Å². The minimum absolute atomic E-state index is 0.597. The van der Waals surface area contributed by atoms with E-state index in [2.05, 4.69) is 0 Å².